The first-order valence-electron chi connectivity index (χ1n) is 4.38. The number of aldehydes is 1. The van der Waals surface area contributed by atoms with E-state index in [4.69, 9.17) is 0 Å². The van der Waals surface area contributed by atoms with E-state index in [2.05, 4.69) is 0 Å². The van der Waals surface area contributed by atoms with E-state index in [0.29, 0.717) is 18.4 Å². The summed E-state index contributed by atoms with van der Waals surface area (Å²) in [6.45, 7) is 0. The quantitative estimate of drug-likeness (QED) is 0.605. The van der Waals surface area contributed by atoms with Crippen LogP contribution in [-0.2, 0) is 17.6 Å². The predicted molar refractivity (Wildman–Crippen MR) is 48.9 cm³/mol. The van der Waals surface area contributed by atoms with Gasteiger partial charge in [0.15, 0.2) is 0 Å². The largest absolute Gasteiger partial charge is 0.299 e. The molecule has 2 rings (SSSR count). The van der Waals surface area contributed by atoms with Crippen LogP contribution in [0.4, 0.5) is 0 Å². The Morgan fingerprint density at radius 2 is 2.00 bits per heavy atom. The molecule has 13 heavy (non-hydrogen) atoms. The van der Waals surface area contributed by atoms with Gasteiger partial charge >= 0.3 is 0 Å². The van der Waals surface area contributed by atoms with Crippen molar-refractivity contribution in [3.05, 3.63) is 34.9 Å². The summed E-state index contributed by atoms with van der Waals surface area (Å²) in [6.07, 6.45) is 2.79. The fraction of sp³-hybridized carbons (Fsp3) is 0.273. The lowest BCUT2D eigenvalue weighted by atomic mass is 9.90. The number of ketones is 1. The summed E-state index contributed by atoms with van der Waals surface area (Å²) in [4.78, 5) is 21.6. The first-order chi connectivity index (χ1) is 6.29. The van der Waals surface area contributed by atoms with Crippen LogP contribution in [-0.4, -0.2) is 12.1 Å². The number of carbonyl (C=O) groups is 2. The number of hydrogen-bond acceptors (Lipinski definition) is 2. The Bertz CT molecular complexity index is 366. The molecular formula is C11H10O2. The lowest BCUT2D eigenvalue weighted by Gasteiger charge is -2.14. The van der Waals surface area contributed by atoms with Gasteiger partial charge < -0.3 is 0 Å². The standard InChI is InChI=1S/C11H10O2/c12-7-8-1-2-9-3-4-11(13)6-10(9)5-8/h1-2,5,7H,3-4,6H2. The van der Waals surface area contributed by atoms with Crippen molar-refractivity contribution in [1.29, 1.82) is 0 Å². The van der Waals surface area contributed by atoms with Gasteiger partial charge in [-0.3, -0.25) is 9.59 Å². The lowest BCUT2D eigenvalue weighted by molar-refractivity contribution is -0.118. The van der Waals surface area contributed by atoms with E-state index >= 15 is 0 Å². The van der Waals surface area contributed by atoms with Gasteiger partial charge in [-0.05, 0) is 23.6 Å². The first kappa shape index (κ1) is 8.17. The molecule has 0 aromatic heterocycles. The van der Waals surface area contributed by atoms with E-state index in [0.717, 1.165) is 18.3 Å². The summed E-state index contributed by atoms with van der Waals surface area (Å²) >= 11 is 0. The molecule has 0 bridgehead atoms. The van der Waals surface area contributed by atoms with E-state index < -0.39 is 0 Å². The van der Waals surface area contributed by atoms with E-state index in [1.807, 2.05) is 18.2 Å². The molecule has 1 aromatic carbocycles. The predicted octanol–water partition coefficient (Wildman–Crippen LogP) is 1.56. The van der Waals surface area contributed by atoms with Crippen LogP contribution in [0.3, 0.4) is 0 Å². The van der Waals surface area contributed by atoms with E-state index in [-0.39, 0.29) is 5.78 Å². The second-order valence-electron chi connectivity index (χ2n) is 3.36. The highest BCUT2D eigenvalue weighted by Gasteiger charge is 2.15. The van der Waals surface area contributed by atoms with Crippen molar-refractivity contribution in [2.75, 3.05) is 0 Å². The highest BCUT2D eigenvalue weighted by molar-refractivity contribution is 5.84. The number of hydrogen-bond donors (Lipinski definition) is 0. The zero-order valence-electron chi connectivity index (χ0n) is 7.25. The van der Waals surface area contributed by atoms with Gasteiger partial charge in [0.2, 0.25) is 0 Å². The Labute approximate surface area is 76.6 Å². The summed E-state index contributed by atoms with van der Waals surface area (Å²) in [5, 5.41) is 0. The van der Waals surface area contributed by atoms with E-state index in [1.165, 1.54) is 5.56 Å². The summed E-state index contributed by atoms with van der Waals surface area (Å²) in [6, 6.07) is 5.58. The topological polar surface area (TPSA) is 34.1 Å². The van der Waals surface area contributed by atoms with Crippen molar-refractivity contribution in [3.8, 4) is 0 Å². The maximum Gasteiger partial charge on any atom is 0.150 e. The Morgan fingerprint density at radius 1 is 1.15 bits per heavy atom. The Morgan fingerprint density at radius 3 is 2.77 bits per heavy atom. The molecule has 66 valence electrons. The Balaban J connectivity index is 2.43. The average molecular weight is 174 g/mol. The SMILES string of the molecule is O=Cc1ccc2c(c1)CC(=O)CC2. The van der Waals surface area contributed by atoms with Crippen LogP contribution in [0.15, 0.2) is 18.2 Å². The lowest BCUT2D eigenvalue weighted by Crippen LogP contribution is -2.13. The third-order valence-corrected chi connectivity index (χ3v) is 2.43. The summed E-state index contributed by atoms with van der Waals surface area (Å²) in [5.41, 5.74) is 2.90. The van der Waals surface area contributed by atoms with Crippen molar-refractivity contribution in [2.24, 2.45) is 0 Å². The summed E-state index contributed by atoms with van der Waals surface area (Å²) < 4.78 is 0. The van der Waals surface area contributed by atoms with Crippen LogP contribution < -0.4 is 0 Å². The molecule has 0 saturated carbocycles. The smallest absolute Gasteiger partial charge is 0.150 e. The molecule has 0 amide bonds. The minimum atomic E-state index is 0.274. The minimum Gasteiger partial charge on any atom is -0.299 e. The fourth-order valence-electron chi connectivity index (χ4n) is 1.70. The molecule has 1 aromatic rings. The van der Waals surface area contributed by atoms with E-state index in [9.17, 15) is 9.59 Å². The van der Waals surface area contributed by atoms with Crippen molar-refractivity contribution >= 4 is 12.1 Å². The average Bonchev–Trinajstić information content (AvgIpc) is 2.16. The third-order valence-electron chi connectivity index (χ3n) is 2.43. The van der Waals surface area contributed by atoms with Crippen molar-refractivity contribution < 1.29 is 9.59 Å². The summed E-state index contributed by atoms with van der Waals surface area (Å²) in [5.74, 6) is 0.274. The highest BCUT2D eigenvalue weighted by Crippen LogP contribution is 2.19. The molecule has 0 radical (unpaired) electrons. The molecule has 2 nitrogen and oxygen atoms in total. The highest BCUT2D eigenvalue weighted by atomic mass is 16.1. The molecule has 0 unspecified atom stereocenters. The molecule has 0 aliphatic heterocycles. The van der Waals surface area contributed by atoms with Crippen LogP contribution in [0.5, 0.6) is 0 Å². The Hall–Kier alpha value is -1.44. The fourth-order valence-corrected chi connectivity index (χ4v) is 1.70. The van der Waals surface area contributed by atoms with Gasteiger partial charge in [-0.1, -0.05) is 12.1 Å². The molecule has 1 aliphatic rings. The van der Waals surface area contributed by atoms with Crippen molar-refractivity contribution in [2.45, 2.75) is 19.3 Å². The van der Waals surface area contributed by atoms with Crippen molar-refractivity contribution in [1.82, 2.24) is 0 Å². The molecule has 1 aliphatic carbocycles. The van der Waals surface area contributed by atoms with Gasteiger partial charge in [-0.15, -0.1) is 0 Å². The number of Topliss-reactive ketones (excluding diaryl/α,β-unsaturated/α-hetero) is 1. The maximum atomic E-state index is 11.1. The molecule has 0 heterocycles. The number of rotatable bonds is 1. The number of benzene rings is 1. The summed E-state index contributed by atoms with van der Waals surface area (Å²) in [7, 11) is 0. The zero-order chi connectivity index (χ0) is 9.26. The van der Waals surface area contributed by atoms with Gasteiger partial charge in [-0.25, -0.2) is 0 Å². The molecule has 0 atom stereocenters. The van der Waals surface area contributed by atoms with Gasteiger partial charge in [0.1, 0.15) is 12.1 Å². The number of fused-ring (bicyclic) bond motifs is 1. The molecule has 0 N–H and O–H groups in total. The molecule has 0 spiro atoms. The van der Waals surface area contributed by atoms with Crippen LogP contribution >= 0.6 is 0 Å². The molecule has 0 fully saturated rings. The van der Waals surface area contributed by atoms with E-state index in [1.54, 1.807) is 0 Å². The maximum absolute atomic E-state index is 11.1. The zero-order valence-corrected chi connectivity index (χ0v) is 7.25. The number of aryl methyl sites for hydroxylation is 1. The number of carbonyl (C=O) groups excluding carboxylic acids is 2. The minimum absolute atomic E-state index is 0.274. The molecule has 0 saturated heterocycles. The normalized spacial score (nSPS) is 15.2. The van der Waals surface area contributed by atoms with Crippen LogP contribution in [0.1, 0.15) is 27.9 Å². The second-order valence-corrected chi connectivity index (χ2v) is 3.36. The van der Waals surface area contributed by atoms with Gasteiger partial charge in [0.25, 0.3) is 0 Å². The van der Waals surface area contributed by atoms with Gasteiger partial charge in [0, 0.05) is 18.4 Å². The molecular weight excluding hydrogens is 164 g/mol. The Kier molecular flexibility index (Phi) is 1.97. The van der Waals surface area contributed by atoms with Gasteiger partial charge in [0.05, 0.1) is 0 Å². The van der Waals surface area contributed by atoms with Crippen LogP contribution in [0.2, 0.25) is 0 Å². The van der Waals surface area contributed by atoms with Crippen molar-refractivity contribution in [3.63, 3.8) is 0 Å². The van der Waals surface area contributed by atoms with Crippen LogP contribution in [0, 0.1) is 0 Å². The molecule has 2 heteroatoms. The second kappa shape index (κ2) is 3.13. The van der Waals surface area contributed by atoms with Gasteiger partial charge in [-0.2, -0.15) is 0 Å². The van der Waals surface area contributed by atoms with Crippen LogP contribution in [0.25, 0.3) is 0 Å². The third kappa shape index (κ3) is 1.52. The first-order valence-corrected chi connectivity index (χ1v) is 4.38. The monoisotopic (exact) mass is 174 g/mol.